The molecule has 0 saturated carbocycles. The highest BCUT2D eigenvalue weighted by atomic mass is 16.2. The van der Waals surface area contributed by atoms with Gasteiger partial charge in [-0.05, 0) is 25.0 Å². The maximum absolute atomic E-state index is 12.4. The first kappa shape index (κ1) is 17.7. The molecule has 2 N–H and O–H groups in total. The molecule has 0 radical (unpaired) electrons. The lowest BCUT2D eigenvalue weighted by atomic mass is 10.1. The number of amides is 2. The lowest BCUT2D eigenvalue weighted by molar-refractivity contribution is -0.118. The summed E-state index contributed by atoms with van der Waals surface area (Å²) in [5.74, 6) is -0.336. The first-order valence-corrected chi connectivity index (χ1v) is 7.95. The van der Waals surface area contributed by atoms with E-state index in [1.165, 1.54) is 6.92 Å². The summed E-state index contributed by atoms with van der Waals surface area (Å²) in [6.07, 6.45) is 0. The van der Waals surface area contributed by atoms with Crippen molar-refractivity contribution in [2.24, 2.45) is 0 Å². The van der Waals surface area contributed by atoms with Gasteiger partial charge < -0.3 is 10.6 Å². The highest BCUT2D eigenvalue weighted by molar-refractivity contribution is 5.93. The molecule has 7 heteroatoms. The molecule has 0 aliphatic carbocycles. The van der Waals surface area contributed by atoms with E-state index in [9.17, 15) is 9.59 Å². The minimum Gasteiger partial charge on any atom is -0.355 e. The number of carbonyl (C=O) groups excluding carboxylic acids is 2. The number of aryl methyl sites for hydroxylation is 1. The fraction of sp³-hybridized carbons (Fsp3) is 0.412. The Hall–Kier alpha value is -2.70. The molecule has 7 nitrogen and oxygen atoms in total. The van der Waals surface area contributed by atoms with Crippen molar-refractivity contribution in [3.8, 4) is 5.69 Å². The van der Waals surface area contributed by atoms with Gasteiger partial charge in [0.25, 0.3) is 5.91 Å². The van der Waals surface area contributed by atoms with Crippen LogP contribution in [-0.2, 0) is 4.79 Å². The number of rotatable bonds is 6. The second kappa shape index (κ2) is 7.72. The van der Waals surface area contributed by atoms with E-state index in [4.69, 9.17) is 0 Å². The Kier molecular flexibility index (Phi) is 5.68. The Balaban J connectivity index is 2.20. The molecule has 1 aromatic heterocycles. The molecule has 128 valence electrons. The highest BCUT2D eigenvalue weighted by Gasteiger charge is 2.22. The molecule has 2 rings (SSSR count). The van der Waals surface area contributed by atoms with E-state index in [1.807, 2.05) is 45.0 Å². The van der Waals surface area contributed by atoms with Gasteiger partial charge in [-0.1, -0.05) is 36.8 Å². The summed E-state index contributed by atoms with van der Waals surface area (Å²) in [5.41, 5.74) is 3.10. The van der Waals surface area contributed by atoms with Crippen molar-refractivity contribution in [2.75, 3.05) is 13.1 Å². The van der Waals surface area contributed by atoms with Crippen LogP contribution in [0.4, 0.5) is 0 Å². The van der Waals surface area contributed by atoms with Gasteiger partial charge >= 0.3 is 0 Å². The minimum absolute atomic E-state index is 0.0809. The van der Waals surface area contributed by atoms with E-state index in [0.717, 1.165) is 16.9 Å². The fourth-order valence-corrected chi connectivity index (χ4v) is 2.34. The van der Waals surface area contributed by atoms with E-state index < -0.39 is 0 Å². The zero-order valence-corrected chi connectivity index (χ0v) is 14.5. The Morgan fingerprint density at radius 1 is 1.12 bits per heavy atom. The molecule has 0 aliphatic heterocycles. The number of carbonyl (C=O) groups is 2. The molecule has 0 bridgehead atoms. The normalized spacial score (nSPS) is 10.7. The summed E-state index contributed by atoms with van der Waals surface area (Å²) in [6.45, 7) is 8.17. The summed E-state index contributed by atoms with van der Waals surface area (Å²) in [4.78, 5) is 23.2. The molecule has 24 heavy (non-hydrogen) atoms. The zero-order chi connectivity index (χ0) is 17.7. The summed E-state index contributed by atoms with van der Waals surface area (Å²) >= 11 is 0. The number of hydrogen-bond donors (Lipinski definition) is 2. The van der Waals surface area contributed by atoms with Crippen molar-refractivity contribution in [2.45, 2.75) is 33.6 Å². The highest BCUT2D eigenvalue weighted by Crippen LogP contribution is 2.21. The maximum Gasteiger partial charge on any atom is 0.273 e. The number of aromatic nitrogens is 3. The van der Waals surface area contributed by atoms with E-state index in [1.54, 1.807) is 4.68 Å². The van der Waals surface area contributed by atoms with Crippen LogP contribution >= 0.6 is 0 Å². The standard InChI is InChI=1S/C17H23N5O2/c1-11(2)16-15(17(24)19-10-9-18-13(4)23)20-21-22(16)14-7-5-12(3)6-8-14/h5-8,11H,9-10H2,1-4H3,(H,18,23)(H,19,24). The second-order valence-electron chi connectivity index (χ2n) is 5.96. The Bertz CT molecular complexity index is 719. The average Bonchev–Trinajstić information content (AvgIpc) is 2.97. The predicted octanol–water partition coefficient (Wildman–Crippen LogP) is 1.57. The van der Waals surface area contributed by atoms with Gasteiger partial charge in [-0.25, -0.2) is 4.68 Å². The molecule has 0 aliphatic rings. The van der Waals surface area contributed by atoms with Gasteiger partial charge in [-0.2, -0.15) is 0 Å². The maximum atomic E-state index is 12.4. The Labute approximate surface area is 141 Å². The molecule has 0 unspecified atom stereocenters. The van der Waals surface area contributed by atoms with Crippen LogP contribution in [0.15, 0.2) is 24.3 Å². The third-order valence-electron chi connectivity index (χ3n) is 3.53. The monoisotopic (exact) mass is 329 g/mol. The molecule has 0 fully saturated rings. The van der Waals surface area contributed by atoms with Gasteiger partial charge in [-0.15, -0.1) is 5.10 Å². The summed E-state index contributed by atoms with van der Waals surface area (Å²) in [7, 11) is 0. The first-order chi connectivity index (χ1) is 11.4. The van der Waals surface area contributed by atoms with Gasteiger partial charge in [-0.3, -0.25) is 9.59 Å². The van der Waals surface area contributed by atoms with Crippen molar-refractivity contribution in [3.63, 3.8) is 0 Å². The minimum atomic E-state index is -0.289. The molecule has 0 saturated heterocycles. The van der Waals surface area contributed by atoms with Crippen molar-refractivity contribution >= 4 is 11.8 Å². The number of hydrogen-bond acceptors (Lipinski definition) is 4. The van der Waals surface area contributed by atoms with Gasteiger partial charge in [0.2, 0.25) is 5.91 Å². The van der Waals surface area contributed by atoms with Crippen molar-refractivity contribution < 1.29 is 9.59 Å². The summed E-state index contributed by atoms with van der Waals surface area (Å²) in [6, 6.07) is 7.89. The van der Waals surface area contributed by atoms with Gasteiger partial charge in [0.1, 0.15) is 0 Å². The molecular weight excluding hydrogens is 306 g/mol. The van der Waals surface area contributed by atoms with Gasteiger partial charge in [0.15, 0.2) is 5.69 Å². The smallest absolute Gasteiger partial charge is 0.273 e. The fourth-order valence-electron chi connectivity index (χ4n) is 2.34. The van der Waals surface area contributed by atoms with Crippen LogP contribution < -0.4 is 10.6 Å². The van der Waals surface area contributed by atoms with E-state index in [-0.39, 0.29) is 17.7 Å². The third kappa shape index (κ3) is 4.18. The summed E-state index contributed by atoms with van der Waals surface area (Å²) in [5, 5.41) is 13.6. The van der Waals surface area contributed by atoms with Crippen LogP contribution in [0.25, 0.3) is 5.69 Å². The Morgan fingerprint density at radius 2 is 1.75 bits per heavy atom. The lowest BCUT2D eigenvalue weighted by Gasteiger charge is -2.11. The molecular formula is C17H23N5O2. The van der Waals surface area contributed by atoms with Crippen molar-refractivity contribution in [1.82, 2.24) is 25.6 Å². The largest absolute Gasteiger partial charge is 0.355 e. The first-order valence-electron chi connectivity index (χ1n) is 7.95. The molecule has 0 atom stereocenters. The van der Waals surface area contributed by atoms with E-state index in [0.29, 0.717) is 18.8 Å². The van der Waals surface area contributed by atoms with Crippen LogP contribution in [0.5, 0.6) is 0 Å². The van der Waals surface area contributed by atoms with Crippen LogP contribution in [0.3, 0.4) is 0 Å². The van der Waals surface area contributed by atoms with Crippen LogP contribution in [-0.4, -0.2) is 39.9 Å². The number of nitrogens with one attached hydrogen (secondary N) is 2. The summed E-state index contributed by atoms with van der Waals surface area (Å²) < 4.78 is 1.70. The van der Waals surface area contributed by atoms with Crippen molar-refractivity contribution in [3.05, 3.63) is 41.2 Å². The SMILES string of the molecule is CC(=O)NCCNC(=O)c1nnn(-c2ccc(C)cc2)c1C(C)C. The number of benzene rings is 1. The molecule has 0 spiro atoms. The van der Waals surface area contributed by atoms with Crippen molar-refractivity contribution in [1.29, 1.82) is 0 Å². The van der Waals surface area contributed by atoms with Crippen LogP contribution in [0.1, 0.15) is 48.4 Å². The molecule has 2 aromatic rings. The Morgan fingerprint density at radius 3 is 2.33 bits per heavy atom. The average molecular weight is 329 g/mol. The van der Waals surface area contributed by atoms with E-state index >= 15 is 0 Å². The third-order valence-corrected chi connectivity index (χ3v) is 3.53. The van der Waals surface area contributed by atoms with Crippen LogP contribution in [0.2, 0.25) is 0 Å². The van der Waals surface area contributed by atoms with E-state index in [2.05, 4.69) is 20.9 Å². The topological polar surface area (TPSA) is 88.9 Å². The van der Waals surface area contributed by atoms with Crippen LogP contribution in [0, 0.1) is 6.92 Å². The quantitative estimate of drug-likeness (QED) is 0.787. The van der Waals surface area contributed by atoms with Gasteiger partial charge in [0, 0.05) is 20.0 Å². The lowest BCUT2D eigenvalue weighted by Crippen LogP contribution is -2.34. The molecule has 1 heterocycles. The molecule has 1 aromatic carbocycles. The molecule has 2 amide bonds. The number of nitrogens with zero attached hydrogens (tertiary/aromatic N) is 3. The predicted molar refractivity (Wildman–Crippen MR) is 91.2 cm³/mol. The second-order valence-corrected chi connectivity index (χ2v) is 5.96. The zero-order valence-electron chi connectivity index (χ0n) is 14.5. The van der Waals surface area contributed by atoms with Gasteiger partial charge in [0.05, 0.1) is 11.4 Å².